The summed E-state index contributed by atoms with van der Waals surface area (Å²) >= 11 is 1.45. The molecule has 0 N–H and O–H groups in total. The molecule has 1 atom stereocenters. The number of rotatable bonds is 3. The molecule has 140 valence electrons. The van der Waals surface area contributed by atoms with Crippen molar-refractivity contribution in [1.29, 1.82) is 0 Å². The third-order valence-electron chi connectivity index (χ3n) is 5.62. The van der Waals surface area contributed by atoms with Gasteiger partial charge < -0.3 is 14.7 Å². The molecule has 2 aliphatic heterocycles. The van der Waals surface area contributed by atoms with Gasteiger partial charge in [0.1, 0.15) is 0 Å². The maximum atomic E-state index is 12.9. The highest BCUT2D eigenvalue weighted by Crippen LogP contribution is 2.31. The molecule has 0 aromatic carbocycles. The van der Waals surface area contributed by atoms with Crippen molar-refractivity contribution in [1.82, 2.24) is 14.7 Å². The Labute approximate surface area is 157 Å². The van der Waals surface area contributed by atoms with Gasteiger partial charge >= 0.3 is 0 Å². The average Bonchev–Trinajstić information content (AvgIpc) is 3.40. The monoisotopic (exact) mass is 375 g/mol. The minimum Gasteiger partial charge on any atom is -0.339 e. The maximum absolute atomic E-state index is 12.9. The molecule has 3 fully saturated rings. The van der Waals surface area contributed by atoms with Crippen LogP contribution in [0, 0.1) is 11.8 Å². The highest BCUT2D eigenvalue weighted by atomic mass is 32.1. The van der Waals surface area contributed by atoms with Gasteiger partial charge in [-0.15, -0.1) is 11.3 Å². The van der Waals surface area contributed by atoms with Crippen molar-refractivity contribution in [2.75, 3.05) is 39.3 Å². The molecular formula is C19H25N3O3S. The standard InChI is InChI=1S/C19H25N3O3S/c23-17(14-5-6-14)20-8-10-21(11-9-20)18(24)15-3-1-7-22(13-15)19(25)16-4-2-12-26-16/h2,4,12,14-15H,1,3,5-11,13H2. The molecule has 2 saturated heterocycles. The molecule has 0 radical (unpaired) electrons. The van der Waals surface area contributed by atoms with Gasteiger partial charge in [-0.25, -0.2) is 0 Å². The zero-order valence-electron chi connectivity index (χ0n) is 14.9. The summed E-state index contributed by atoms with van der Waals surface area (Å²) in [5.41, 5.74) is 0. The lowest BCUT2D eigenvalue weighted by Gasteiger charge is -2.39. The van der Waals surface area contributed by atoms with E-state index in [0.29, 0.717) is 32.7 Å². The second-order valence-electron chi connectivity index (χ2n) is 7.49. The van der Waals surface area contributed by atoms with Crippen molar-refractivity contribution in [2.24, 2.45) is 11.8 Å². The van der Waals surface area contributed by atoms with Crippen molar-refractivity contribution in [3.63, 3.8) is 0 Å². The third-order valence-corrected chi connectivity index (χ3v) is 6.48. The number of hydrogen-bond acceptors (Lipinski definition) is 4. The van der Waals surface area contributed by atoms with Gasteiger partial charge in [-0.05, 0) is 37.1 Å². The minimum atomic E-state index is -0.113. The number of hydrogen-bond donors (Lipinski definition) is 0. The van der Waals surface area contributed by atoms with Gasteiger partial charge in [-0.2, -0.15) is 0 Å². The van der Waals surface area contributed by atoms with E-state index in [-0.39, 0.29) is 29.6 Å². The Kier molecular flexibility index (Phi) is 4.98. The Balaban J connectivity index is 1.31. The third kappa shape index (κ3) is 3.63. The van der Waals surface area contributed by atoms with Crippen LogP contribution in [-0.2, 0) is 9.59 Å². The summed E-state index contributed by atoms with van der Waals surface area (Å²) in [6.07, 6.45) is 3.75. The largest absolute Gasteiger partial charge is 0.339 e. The first kappa shape index (κ1) is 17.5. The van der Waals surface area contributed by atoms with E-state index in [1.165, 1.54) is 11.3 Å². The van der Waals surface area contributed by atoms with Crippen LogP contribution in [0.3, 0.4) is 0 Å². The van der Waals surface area contributed by atoms with Crippen molar-refractivity contribution in [3.05, 3.63) is 22.4 Å². The summed E-state index contributed by atoms with van der Waals surface area (Å²) in [7, 11) is 0. The molecule has 3 amide bonds. The Morgan fingerprint density at radius 1 is 0.846 bits per heavy atom. The summed E-state index contributed by atoms with van der Waals surface area (Å²) in [5, 5.41) is 1.90. The zero-order valence-corrected chi connectivity index (χ0v) is 15.7. The Hall–Kier alpha value is -1.89. The zero-order chi connectivity index (χ0) is 18.1. The number of piperidine rings is 1. The molecule has 3 aliphatic rings. The molecule has 6 nitrogen and oxygen atoms in total. The number of piperazine rings is 1. The number of likely N-dealkylation sites (tertiary alicyclic amines) is 1. The van der Waals surface area contributed by atoms with Crippen LogP contribution in [0.15, 0.2) is 17.5 Å². The van der Waals surface area contributed by atoms with Crippen LogP contribution in [0.4, 0.5) is 0 Å². The van der Waals surface area contributed by atoms with Crippen LogP contribution in [0.2, 0.25) is 0 Å². The van der Waals surface area contributed by atoms with E-state index in [0.717, 1.165) is 37.1 Å². The van der Waals surface area contributed by atoms with Crippen LogP contribution >= 0.6 is 11.3 Å². The molecule has 26 heavy (non-hydrogen) atoms. The number of thiophene rings is 1. The first-order valence-electron chi connectivity index (χ1n) is 9.54. The molecule has 1 unspecified atom stereocenters. The highest BCUT2D eigenvalue weighted by Gasteiger charge is 2.37. The Morgan fingerprint density at radius 3 is 2.08 bits per heavy atom. The fourth-order valence-electron chi connectivity index (χ4n) is 3.91. The van der Waals surface area contributed by atoms with Crippen LogP contribution in [0.5, 0.6) is 0 Å². The molecule has 1 aliphatic carbocycles. The smallest absolute Gasteiger partial charge is 0.263 e. The first-order valence-corrected chi connectivity index (χ1v) is 10.4. The predicted octanol–water partition coefficient (Wildman–Crippen LogP) is 1.68. The van der Waals surface area contributed by atoms with Crippen molar-refractivity contribution in [3.8, 4) is 0 Å². The van der Waals surface area contributed by atoms with Crippen LogP contribution < -0.4 is 0 Å². The lowest BCUT2D eigenvalue weighted by molar-refractivity contribution is -0.143. The fraction of sp³-hybridized carbons (Fsp3) is 0.632. The highest BCUT2D eigenvalue weighted by molar-refractivity contribution is 7.12. The predicted molar refractivity (Wildman–Crippen MR) is 98.8 cm³/mol. The van der Waals surface area contributed by atoms with Gasteiger partial charge in [-0.1, -0.05) is 6.07 Å². The van der Waals surface area contributed by atoms with E-state index >= 15 is 0 Å². The minimum absolute atomic E-state index is 0.0392. The maximum Gasteiger partial charge on any atom is 0.263 e. The number of amides is 3. The van der Waals surface area contributed by atoms with E-state index in [9.17, 15) is 14.4 Å². The van der Waals surface area contributed by atoms with E-state index in [1.807, 2.05) is 32.2 Å². The van der Waals surface area contributed by atoms with Crippen LogP contribution in [0.25, 0.3) is 0 Å². The van der Waals surface area contributed by atoms with Gasteiger partial charge in [0.25, 0.3) is 5.91 Å². The summed E-state index contributed by atoms with van der Waals surface area (Å²) in [6.45, 7) is 3.76. The molecule has 3 heterocycles. The second kappa shape index (κ2) is 7.39. The van der Waals surface area contributed by atoms with Crippen molar-refractivity contribution in [2.45, 2.75) is 25.7 Å². The van der Waals surface area contributed by atoms with E-state index < -0.39 is 0 Å². The second-order valence-corrected chi connectivity index (χ2v) is 8.44. The van der Waals surface area contributed by atoms with Crippen molar-refractivity contribution < 1.29 is 14.4 Å². The summed E-state index contributed by atoms with van der Waals surface area (Å²) in [6, 6.07) is 3.72. The number of nitrogens with zero attached hydrogens (tertiary/aromatic N) is 3. The van der Waals surface area contributed by atoms with Gasteiger partial charge in [0.2, 0.25) is 11.8 Å². The topological polar surface area (TPSA) is 60.9 Å². The lowest BCUT2D eigenvalue weighted by Crippen LogP contribution is -2.54. The molecule has 0 spiro atoms. The number of carbonyl (C=O) groups is 3. The molecule has 1 aromatic heterocycles. The number of carbonyl (C=O) groups excluding carboxylic acids is 3. The summed E-state index contributed by atoms with van der Waals surface area (Å²) in [5.74, 6) is 0.581. The quantitative estimate of drug-likeness (QED) is 0.808. The van der Waals surface area contributed by atoms with E-state index in [1.54, 1.807) is 0 Å². The average molecular weight is 375 g/mol. The molecule has 0 bridgehead atoms. The molecule has 4 rings (SSSR count). The van der Waals surface area contributed by atoms with E-state index in [2.05, 4.69) is 0 Å². The summed E-state index contributed by atoms with van der Waals surface area (Å²) in [4.78, 5) is 44.0. The molecule has 7 heteroatoms. The van der Waals surface area contributed by atoms with Gasteiger partial charge in [0, 0.05) is 45.2 Å². The van der Waals surface area contributed by atoms with Gasteiger partial charge in [-0.3, -0.25) is 14.4 Å². The van der Waals surface area contributed by atoms with Crippen LogP contribution in [0.1, 0.15) is 35.4 Å². The molecular weight excluding hydrogens is 350 g/mol. The van der Waals surface area contributed by atoms with Gasteiger partial charge in [0.15, 0.2) is 0 Å². The van der Waals surface area contributed by atoms with E-state index in [4.69, 9.17) is 0 Å². The van der Waals surface area contributed by atoms with Gasteiger partial charge in [0.05, 0.1) is 10.8 Å². The Bertz CT molecular complexity index is 678. The van der Waals surface area contributed by atoms with Crippen molar-refractivity contribution >= 4 is 29.1 Å². The SMILES string of the molecule is O=C(c1cccs1)N1CCCC(C(=O)N2CCN(C(=O)C3CC3)CC2)C1. The molecule has 1 saturated carbocycles. The Morgan fingerprint density at radius 2 is 1.50 bits per heavy atom. The normalized spacial score (nSPS) is 23.8. The molecule has 1 aromatic rings. The fourth-order valence-corrected chi connectivity index (χ4v) is 4.60. The lowest BCUT2D eigenvalue weighted by atomic mass is 9.96. The summed E-state index contributed by atoms with van der Waals surface area (Å²) < 4.78 is 0. The first-order chi connectivity index (χ1) is 12.6. The van der Waals surface area contributed by atoms with Crippen LogP contribution in [-0.4, -0.2) is 71.7 Å².